The molecule has 140 valence electrons. The quantitative estimate of drug-likeness (QED) is 0.639. The maximum absolute atomic E-state index is 12.3. The summed E-state index contributed by atoms with van der Waals surface area (Å²) in [4.78, 5) is 36.2. The van der Waals surface area contributed by atoms with E-state index in [2.05, 4.69) is 26.3 Å². The molecule has 0 aliphatic carbocycles. The van der Waals surface area contributed by atoms with Crippen LogP contribution in [0.15, 0.2) is 10.7 Å². The molecule has 0 bridgehead atoms. The summed E-state index contributed by atoms with van der Waals surface area (Å²) in [5.74, 6) is -1.57. The third-order valence-electron chi connectivity index (χ3n) is 3.56. The van der Waals surface area contributed by atoms with Gasteiger partial charge in [-0.2, -0.15) is 5.10 Å². The summed E-state index contributed by atoms with van der Waals surface area (Å²) < 4.78 is 7.53. The highest BCUT2D eigenvalue weighted by atomic mass is 79.9. The zero-order chi connectivity index (χ0) is 19.4. The molecule has 0 unspecified atom stereocenters. The van der Waals surface area contributed by atoms with E-state index in [1.165, 1.54) is 0 Å². The number of halogens is 1. The third kappa shape index (κ3) is 4.50. The second-order valence-electron chi connectivity index (χ2n) is 5.47. The molecule has 10 heteroatoms. The van der Waals surface area contributed by atoms with Crippen LogP contribution in [-0.4, -0.2) is 34.2 Å². The molecule has 2 aromatic heterocycles. The van der Waals surface area contributed by atoms with Crippen molar-refractivity contribution in [3.05, 3.63) is 32.4 Å². The van der Waals surface area contributed by atoms with Crippen molar-refractivity contribution in [2.24, 2.45) is 5.73 Å². The predicted molar refractivity (Wildman–Crippen MR) is 101 cm³/mol. The van der Waals surface area contributed by atoms with Crippen LogP contribution in [0.1, 0.15) is 44.6 Å². The Balaban J connectivity index is 2.16. The van der Waals surface area contributed by atoms with Crippen LogP contribution in [0.5, 0.6) is 0 Å². The van der Waals surface area contributed by atoms with Crippen molar-refractivity contribution in [2.45, 2.75) is 33.7 Å². The van der Waals surface area contributed by atoms with Gasteiger partial charge in [0.2, 0.25) is 5.91 Å². The maximum atomic E-state index is 12.3. The number of nitrogens with two attached hydrogens (primary N) is 1. The van der Waals surface area contributed by atoms with Gasteiger partial charge in [0.25, 0.3) is 5.91 Å². The van der Waals surface area contributed by atoms with Crippen LogP contribution in [0, 0.1) is 13.8 Å². The molecule has 0 aromatic carbocycles. The first-order valence-corrected chi connectivity index (χ1v) is 9.45. The van der Waals surface area contributed by atoms with Crippen molar-refractivity contribution in [3.63, 3.8) is 0 Å². The Morgan fingerprint density at radius 3 is 2.62 bits per heavy atom. The summed E-state index contributed by atoms with van der Waals surface area (Å²) >= 11 is 4.33. The molecule has 26 heavy (non-hydrogen) atoms. The topological polar surface area (TPSA) is 116 Å². The average Bonchev–Trinajstić information content (AvgIpc) is 3.05. The lowest BCUT2D eigenvalue weighted by atomic mass is 10.1. The van der Waals surface area contributed by atoms with E-state index in [4.69, 9.17) is 10.5 Å². The number of aromatic nitrogens is 2. The van der Waals surface area contributed by atoms with E-state index < -0.39 is 11.9 Å². The zero-order valence-corrected chi connectivity index (χ0v) is 17.0. The smallest absolute Gasteiger partial charge is 0.341 e. The van der Waals surface area contributed by atoms with Crippen LogP contribution < -0.4 is 11.1 Å². The number of aryl methyl sites for hydroxylation is 2. The summed E-state index contributed by atoms with van der Waals surface area (Å²) in [6.45, 7) is 5.69. The Labute approximate surface area is 162 Å². The van der Waals surface area contributed by atoms with Gasteiger partial charge in [-0.15, -0.1) is 11.3 Å². The molecule has 3 N–H and O–H groups in total. The number of primary amides is 1. The second kappa shape index (κ2) is 8.45. The molecule has 2 amide bonds. The van der Waals surface area contributed by atoms with E-state index in [0.717, 1.165) is 21.5 Å². The largest absolute Gasteiger partial charge is 0.462 e. The van der Waals surface area contributed by atoms with Gasteiger partial charge in [0.15, 0.2) is 0 Å². The standard InChI is InChI=1S/C16H19BrN4O4S/c1-4-25-16(24)12-8(2)13(14(18)23)26-15(12)19-11(22)5-6-21-7-10(17)9(3)20-21/h7H,4-6H2,1-3H3,(H2,18,23)(H,19,22). The fourth-order valence-corrected chi connectivity index (χ4v) is 3.68. The Morgan fingerprint density at radius 1 is 1.38 bits per heavy atom. The zero-order valence-electron chi connectivity index (χ0n) is 14.6. The first kappa shape index (κ1) is 20.1. The van der Waals surface area contributed by atoms with Crippen LogP contribution in [0.2, 0.25) is 0 Å². The number of rotatable bonds is 7. The Bertz CT molecular complexity index is 839. The number of amides is 2. The Kier molecular flexibility index (Phi) is 6.54. The number of hydrogen-bond acceptors (Lipinski definition) is 6. The van der Waals surface area contributed by atoms with Crippen LogP contribution in [0.25, 0.3) is 0 Å². The van der Waals surface area contributed by atoms with E-state index in [1.54, 1.807) is 24.7 Å². The number of carbonyl (C=O) groups is 3. The second-order valence-corrected chi connectivity index (χ2v) is 7.34. The minimum Gasteiger partial charge on any atom is -0.462 e. The molecule has 0 radical (unpaired) electrons. The van der Waals surface area contributed by atoms with Gasteiger partial charge in [-0.05, 0) is 42.3 Å². The van der Waals surface area contributed by atoms with E-state index in [1.807, 2.05) is 6.92 Å². The molecule has 2 heterocycles. The van der Waals surface area contributed by atoms with E-state index in [-0.39, 0.29) is 34.4 Å². The van der Waals surface area contributed by atoms with Crippen LogP contribution in [-0.2, 0) is 16.1 Å². The molecule has 0 aliphatic rings. The Morgan fingerprint density at radius 2 is 2.08 bits per heavy atom. The van der Waals surface area contributed by atoms with E-state index in [9.17, 15) is 14.4 Å². The number of esters is 1. The molecule has 8 nitrogen and oxygen atoms in total. The predicted octanol–water partition coefficient (Wildman–Crippen LogP) is 2.63. The van der Waals surface area contributed by atoms with Crippen molar-refractivity contribution >= 4 is 50.1 Å². The summed E-state index contributed by atoms with van der Waals surface area (Å²) in [5, 5.41) is 7.20. The van der Waals surface area contributed by atoms with Gasteiger partial charge in [0.05, 0.1) is 27.2 Å². The van der Waals surface area contributed by atoms with Crippen LogP contribution in [0.4, 0.5) is 5.00 Å². The summed E-state index contributed by atoms with van der Waals surface area (Å²) in [7, 11) is 0. The number of anilines is 1. The number of hydrogen-bond donors (Lipinski definition) is 2. The van der Waals surface area contributed by atoms with Crippen molar-refractivity contribution in [2.75, 3.05) is 11.9 Å². The highest BCUT2D eigenvalue weighted by Crippen LogP contribution is 2.33. The minimum atomic E-state index is -0.657. The SMILES string of the molecule is CCOC(=O)c1c(NC(=O)CCn2cc(Br)c(C)n2)sc(C(N)=O)c1C. The van der Waals surface area contributed by atoms with Crippen molar-refractivity contribution in [1.82, 2.24) is 9.78 Å². The summed E-state index contributed by atoms with van der Waals surface area (Å²) in [6.07, 6.45) is 1.94. The average molecular weight is 443 g/mol. The summed E-state index contributed by atoms with van der Waals surface area (Å²) in [5.41, 5.74) is 6.74. The lowest BCUT2D eigenvalue weighted by Crippen LogP contribution is -2.16. The fourth-order valence-electron chi connectivity index (χ4n) is 2.30. The van der Waals surface area contributed by atoms with Gasteiger partial charge >= 0.3 is 5.97 Å². The molecule has 2 aromatic rings. The van der Waals surface area contributed by atoms with Gasteiger partial charge in [-0.3, -0.25) is 14.3 Å². The van der Waals surface area contributed by atoms with Gasteiger partial charge < -0.3 is 15.8 Å². The van der Waals surface area contributed by atoms with Crippen molar-refractivity contribution in [3.8, 4) is 0 Å². The third-order valence-corrected chi connectivity index (χ3v) is 5.56. The molecule has 0 spiro atoms. The molecule has 0 saturated carbocycles. The number of ether oxygens (including phenoxy) is 1. The van der Waals surface area contributed by atoms with Gasteiger partial charge in [0.1, 0.15) is 5.00 Å². The Hall–Kier alpha value is -2.20. The number of nitrogens with one attached hydrogen (secondary N) is 1. The van der Waals surface area contributed by atoms with Gasteiger partial charge in [-0.25, -0.2) is 4.79 Å². The first-order valence-electron chi connectivity index (χ1n) is 7.84. The van der Waals surface area contributed by atoms with Gasteiger partial charge in [-0.1, -0.05) is 0 Å². The molecule has 2 rings (SSSR count). The van der Waals surface area contributed by atoms with Gasteiger partial charge in [0, 0.05) is 19.2 Å². The molecular weight excluding hydrogens is 424 g/mol. The number of nitrogens with zero attached hydrogens (tertiary/aromatic N) is 2. The number of carbonyl (C=O) groups excluding carboxylic acids is 3. The van der Waals surface area contributed by atoms with Crippen LogP contribution in [0.3, 0.4) is 0 Å². The summed E-state index contributed by atoms with van der Waals surface area (Å²) in [6, 6.07) is 0. The monoisotopic (exact) mass is 442 g/mol. The normalized spacial score (nSPS) is 10.6. The molecule has 0 aliphatic heterocycles. The first-order chi connectivity index (χ1) is 12.2. The van der Waals surface area contributed by atoms with E-state index >= 15 is 0 Å². The van der Waals surface area contributed by atoms with Crippen molar-refractivity contribution < 1.29 is 19.1 Å². The molecule has 0 fully saturated rings. The maximum Gasteiger partial charge on any atom is 0.341 e. The lowest BCUT2D eigenvalue weighted by molar-refractivity contribution is -0.116. The highest BCUT2D eigenvalue weighted by molar-refractivity contribution is 9.10. The number of thiophene rings is 1. The molecule has 0 saturated heterocycles. The minimum absolute atomic E-state index is 0.151. The molecule has 0 atom stereocenters. The van der Waals surface area contributed by atoms with Crippen LogP contribution >= 0.6 is 27.3 Å². The lowest BCUT2D eigenvalue weighted by Gasteiger charge is -2.07. The highest BCUT2D eigenvalue weighted by Gasteiger charge is 2.25. The van der Waals surface area contributed by atoms with Crippen molar-refractivity contribution in [1.29, 1.82) is 0 Å². The fraction of sp³-hybridized carbons (Fsp3) is 0.375. The molecular formula is C16H19BrN4O4S. The van der Waals surface area contributed by atoms with E-state index in [0.29, 0.717) is 12.1 Å².